The first kappa shape index (κ1) is 17.2. The Hall–Kier alpha value is -2.18. The molecule has 0 aliphatic heterocycles. The van der Waals surface area contributed by atoms with Gasteiger partial charge in [-0.2, -0.15) is 5.10 Å². The number of ether oxygens (including phenoxy) is 1. The number of benzene rings is 1. The summed E-state index contributed by atoms with van der Waals surface area (Å²) in [6.45, 7) is 6.65. The Bertz CT molecular complexity index is 652. The SMILES string of the molecule is COCCNCCNC(=O)c1cnn(-c2cccc(C)c2)c1C. The van der Waals surface area contributed by atoms with Crippen LogP contribution >= 0.6 is 0 Å². The molecule has 124 valence electrons. The lowest BCUT2D eigenvalue weighted by atomic mass is 10.2. The second-order valence-corrected chi connectivity index (χ2v) is 5.39. The summed E-state index contributed by atoms with van der Waals surface area (Å²) in [7, 11) is 1.66. The molecule has 6 nitrogen and oxygen atoms in total. The number of carbonyl (C=O) groups is 1. The van der Waals surface area contributed by atoms with Gasteiger partial charge in [0.2, 0.25) is 0 Å². The third-order valence-corrected chi connectivity index (χ3v) is 3.57. The van der Waals surface area contributed by atoms with Crippen molar-refractivity contribution in [3.8, 4) is 5.69 Å². The smallest absolute Gasteiger partial charge is 0.254 e. The van der Waals surface area contributed by atoms with Gasteiger partial charge in [0.05, 0.1) is 29.7 Å². The summed E-state index contributed by atoms with van der Waals surface area (Å²) in [6, 6.07) is 8.04. The van der Waals surface area contributed by atoms with Gasteiger partial charge >= 0.3 is 0 Å². The van der Waals surface area contributed by atoms with Crippen molar-refractivity contribution in [3.63, 3.8) is 0 Å². The van der Waals surface area contributed by atoms with Crippen molar-refractivity contribution < 1.29 is 9.53 Å². The van der Waals surface area contributed by atoms with Gasteiger partial charge in [0, 0.05) is 26.7 Å². The van der Waals surface area contributed by atoms with E-state index in [4.69, 9.17) is 4.74 Å². The quantitative estimate of drug-likeness (QED) is 0.724. The number of rotatable bonds is 8. The number of hydrogen-bond donors (Lipinski definition) is 2. The van der Waals surface area contributed by atoms with Crippen LogP contribution < -0.4 is 10.6 Å². The van der Waals surface area contributed by atoms with Crippen molar-refractivity contribution in [2.75, 3.05) is 33.4 Å². The number of nitrogens with one attached hydrogen (secondary N) is 2. The van der Waals surface area contributed by atoms with Gasteiger partial charge < -0.3 is 15.4 Å². The molecule has 2 rings (SSSR count). The third kappa shape index (κ3) is 4.64. The molecule has 0 radical (unpaired) electrons. The molecule has 6 heteroatoms. The highest BCUT2D eigenvalue weighted by Crippen LogP contribution is 2.15. The van der Waals surface area contributed by atoms with Gasteiger partial charge in [-0.3, -0.25) is 4.79 Å². The highest BCUT2D eigenvalue weighted by atomic mass is 16.5. The van der Waals surface area contributed by atoms with E-state index in [-0.39, 0.29) is 5.91 Å². The molecule has 0 fully saturated rings. The standard InChI is InChI=1S/C17H24N4O2/c1-13-5-4-6-15(11-13)21-14(2)16(12-20-21)17(22)19-8-7-18-9-10-23-3/h4-6,11-12,18H,7-10H2,1-3H3,(H,19,22). The lowest BCUT2D eigenvalue weighted by Gasteiger charge is -2.08. The molecule has 0 aliphatic rings. The average molecular weight is 316 g/mol. The number of aryl methyl sites for hydroxylation is 1. The summed E-state index contributed by atoms with van der Waals surface area (Å²) in [5.41, 5.74) is 3.55. The maximum atomic E-state index is 12.2. The zero-order valence-corrected chi connectivity index (χ0v) is 13.9. The average Bonchev–Trinajstić information content (AvgIpc) is 2.92. The monoisotopic (exact) mass is 316 g/mol. The summed E-state index contributed by atoms with van der Waals surface area (Å²) < 4.78 is 6.74. The topological polar surface area (TPSA) is 68.2 Å². The van der Waals surface area contributed by atoms with Crippen molar-refractivity contribution in [1.29, 1.82) is 0 Å². The molecule has 1 aromatic carbocycles. The van der Waals surface area contributed by atoms with Crippen LogP contribution in [0.3, 0.4) is 0 Å². The Balaban J connectivity index is 1.95. The van der Waals surface area contributed by atoms with Crippen molar-refractivity contribution in [2.45, 2.75) is 13.8 Å². The molecule has 2 aromatic rings. The van der Waals surface area contributed by atoms with E-state index in [1.807, 2.05) is 38.1 Å². The van der Waals surface area contributed by atoms with Crippen molar-refractivity contribution in [2.24, 2.45) is 0 Å². The molecule has 0 aliphatic carbocycles. The third-order valence-electron chi connectivity index (χ3n) is 3.57. The Kier molecular flexibility index (Phi) is 6.31. The molecular weight excluding hydrogens is 292 g/mol. The van der Waals surface area contributed by atoms with E-state index in [0.29, 0.717) is 25.3 Å². The predicted octanol–water partition coefficient (Wildman–Crippen LogP) is 1.45. The summed E-state index contributed by atoms with van der Waals surface area (Å²) in [4.78, 5) is 12.2. The van der Waals surface area contributed by atoms with E-state index in [1.54, 1.807) is 18.0 Å². The summed E-state index contributed by atoms with van der Waals surface area (Å²) in [5, 5.41) is 10.4. The van der Waals surface area contributed by atoms with Crippen LogP contribution in [0, 0.1) is 13.8 Å². The van der Waals surface area contributed by atoms with Crippen LogP contribution in [0.15, 0.2) is 30.5 Å². The molecule has 0 spiro atoms. The Morgan fingerprint density at radius 3 is 2.83 bits per heavy atom. The highest BCUT2D eigenvalue weighted by Gasteiger charge is 2.14. The van der Waals surface area contributed by atoms with Gasteiger partial charge in [-0.05, 0) is 31.5 Å². The molecule has 0 unspecified atom stereocenters. The van der Waals surface area contributed by atoms with Gasteiger partial charge in [-0.1, -0.05) is 12.1 Å². The van der Waals surface area contributed by atoms with Crippen LogP contribution in [0.5, 0.6) is 0 Å². The molecule has 0 saturated heterocycles. The lowest BCUT2D eigenvalue weighted by Crippen LogP contribution is -2.33. The van der Waals surface area contributed by atoms with E-state index >= 15 is 0 Å². The van der Waals surface area contributed by atoms with Gasteiger partial charge in [0.25, 0.3) is 5.91 Å². The molecule has 1 amide bonds. The van der Waals surface area contributed by atoms with Crippen LogP contribution in [0.4, 0.5) is 0 Å². The normalized spacial score (nSPS) is 10.7. The fraction of sp³-hybridized carbons (Fsp3) is 0.412. The second kappa shape index (κ2) is 8.45. The maximum absolute atomic E-state index is 12.2. The lowest BCUT2D eigenvalue weighted by molar-refractivity contribution is 0.0953. The summed E-state index contributed by atoms with van der Waals surface area (Å²) in [5.74, 6) is -0.102. The van der Waals surface area contributed by atoms with E-state index in [0.717, 1.165) is 23.5 Å². The van der Waals surface area contributed by atoms with Crippen LogP contribution in [0.25, 0.3) is 5.69 Å². The maximum Gasteiger partial charge on any atom is 0.254 e. The molecule has 1 aromatic heterocycles. The van der Waals surface area contributed by atoms with Crippen LogP contribution in [-0.2, 0) is 4.74 Å². The van der Waals surface area contributed by atoms with Crippen molar-refractivity contribution >= 4 is 5.91 Å². The molecular formula is C17H24N4O2. The Morgan fingerprint density at radius 2 is 2.09 bits per heavy atom. The Morgan fingerprint density at radius 1 is 1.26 bits per heavy atom. The highest BCUT2D eigenvalue weighted by molar-refractivity contribution is 5.95. The molecule has 0 bridgehead atoms. The van der Waals surface area contributed by atoms with Gasteiger partial charge in [0.15, 0.2) is 0 Å². The minimum atomic E-state index is -0.102. The summed E-state index contributed by atoms with van der Waals surface area (Å²) in [6.07, 6.45) is 1.62. The van der Waals surface area contributed by atoms with E-state index in [9.17, 15) is 4.79 Å². The number of hydrogen-bond acceptors (Lipinski definition) is 4. The van der Waals surface area contributed by atoms with Crippen molar-refractivity contribution in [1.82, 2.24) is 20.4 Å². The molecule has 1 heterocycles. The van der Waals surface area contributed by atoms with E-state index in [1.165, 1.54) is 0 Å². The minimum Gasteiger partial charge on any atom is -0.383 e. The van der Waals surface area contributed by atoms with Gasteiger partial charge in [-0.25, -0.2) is 4.68 Å². The first-order chi connectivity index (χ1) is 11.1. The van der Waals surface area contributed by atoms with E-state index < -0.39 is 0 Å². The first-order valence-corrected chi connectivity index (χ1v) is 7.73. The fourth-order valence-corrected chi connectivity index (χ4v) is 2.31. The number of amides is 1. The van der Waals surface area contributed by atoms with Crippen LogP contribution in [-0.4, -0.2) is 49.0 Å². The molecule has 0 saturated carbocycles. The second-order valence-electron chi connectivity index (χ2n) is 5.39. The van der Waals surface area contributed by atoms with Crippen LogP contribution in [0.1, 0.15) is 21.6 Å². The fourth-order valence-electron chi connectivity index (χ4n) is 2.31. The molecule has 0 atom stereocenters. The number of nitrogens with zero attached hydrogens (tertiary/aromatic N) is 2. The van der Waals surface area contributed by atoms with Gasteiger partial charge in [-0.15, -0.1) is 0 Å². The summed E-state index contributed by atoms with van der Waals surface area (Å²) >= 11 is 0. The van der Waals surface area contributed by atoms with E-state index in [2.05, 4.69) is 15.7 Å². The van der Waals surface area contributed by atoms with Crippen LogP contribution in [0.2, 0.25) is 0 Å². The zero-order chi connectivity index (χ0) is 16.7. The largest absolute Gasteiger partial charge is 0.383 e. The number of carbonyl (C=O) groups excluding carboxylic acids is 1. The minimum absolute atomic E-state index is 0.102. The first-order valence-electron chi connectivity index (χ1n) is 7.73. The zero-order valence-electron chi connectivity index (χ0n) is 13.9. The Labute approximate surface area is 136 Å². The molecule has 2 N–H and O–H groups in total. The number of aromatic nitrogens is 2. The number of methoxy groups -OCH3 is 1. The molecule has 23 heavy (non-hydrogen) atoms. The van der Waals surface area contributed by atoms with Gasteiger partial charge in [0.1, 0.15) is 0 Å². The van der Waals surface area contributed by atoms with Crippen molar-refractivity contribution in [3.05, 3.63) is 47.3 Å². The predicted molar refractivity (Wildman–Crippen MR) is 90.1 cm³/mol.